The number of nitro groups is 1. The number of hydrogen-bond donors (Lipinski definition) is 1. The van der Waals surface area contributed by atoms with Crippen LogP contribution in [-0.2, 0) is 6.42 Å². The Morgan fingerprint density at radius 3 is 2.50 bits per heavy atom. The van der Waals surface area contributed by atoms with Gasteiger partial charge in [-0.05, 0) is 69.4 Å². The van der Waals surface area contributed by atoms with E-state index in [1.54, 1.807) is 12.1 Å². The molecule has 0 aromatic heterocycles. The Hall–Kier alpha value is -2.64. The molecule has 1 heterocycles. The fourth-order valence-corrected chi connectivity index (χ4v) is 4.11. The molecular formula is C25H35N3O4. The third kappa shape index (κ3) is 6.93. The first-order valence-electron chi connectivity index (χ1n) is 11.4. The van der Waals surface area contributed by atoms with Crippen LogP contribution in [0, 0.1) is 10.1 Å². The van der Waals surface area contributed by atoms with Gasteiger partial charge in [-0.1, -0.05) is 12.1 Å². The number of likely N-dealkylation sites (tertiary alicyclic amines) is 1. The molecule has 32 heavy (non-hydrogen) atoms. The van der Waals surface area contributed by atoms with Crippen molar-refractivity contribution in [2.24, 2.45) is 0 Å². The summed E-state index contributed by atoms with van der Waals surface area (Å²) in [6.07, 6.45) is 3.16. The largest absolute Gasteiger partial charge is 0.491 e. The van der Waals surface area contributed by atoms with Gasteiger partial charge in [-0.3, -0.25) is 10.1 Å². The van der Waals surface area contributed by atoms with Crippen LogP contribution < -0.4 is 9.64 Å². The number of nitrogens with zero attached hydrogens (tertiary/aromatic N) is 3. The van der Waals surface area contributed by atoms with Gasteiger partial charge in [0.2, 0.25) is 0 Å². The van der Waals surface area contributed by atoms with Crippen molar-refractivity contribution in [3.8, 4) is 5.75 Å². The zero-order valence-electron chi connectivity index (χ0n) is 19.4. The van der Waals surface area contributed by atoms with Gasteiger partial charge in [0, 0.05) is 51.0 Å². The molecule has 1 fully saturated rings. The fourth-order valence-electron chi connectivity index (χ4n) is 4.11. The highest BCUT2D eigenvalue weighted by Crippen LogP contribution is 2.27. The molecule has 1 aliphatic heterocycles. The summed E-state index contributed by atoms with van der Waals surface area (Å²) in [5.74, 6) is 0.869. The van der Waals surface area contributed by atoms with E-state index in [9.17, 15) is 15.2 Å². The Labute approximate surface area is 190 Å². The molecule has 0 amide bonds. The number of benzene rings is 2. The molecular weight excluding hydrogens is 406 g/mol. The Bertz CT molecular complexity index is 877. The monoisotopic (exact) mass is 441 g/mol. The number of piperidine rings is 1. The zero-order valence-corrected chi connectivity index (χ0v) is 19.4. The molecule has 2 aromatic rings. The normalized spacial score (nSPS) is 16.2. The standard InChI is InChI=1S/C25H35N3O4/c1-20(2)32-24-9-7-22(8-10-24)26(3)16-12-25(29)13-17-27(18-14-25)15-11-21-5-4-6-23(19-21)28(30)31/h4-10,19-20,29H,11-18H2,1-3H3. The molecule has 7 nitrogen and oxygen atoms in total. The van der Waals surface area contributed by atoms with E-state index >= 15 is 0 Å². The fraction of sp³-hybridized carbons (Fsp3) is 0.520. The minimum absolute atomic E-state index is 0.140. The van der Waals surface area contributed by atoms with Crippen molar-refractivity contribution in [2.75, 3.05) is 38.1 Å². The average molecular weight is 442 g/mol. The summed E-state index contributed by atoms with van der Waals surface area (Å²) < 4.78 is 5.70. The Kier molecular flexibility index (Phi) is 8.10. The molecule has 7 heteroatoms. The summed E-state index contributed by atoms with van der Waals surface area (Å²) >= 11 is 0. The van der Waals surface area contributed by atoms with E-state index in [1.165, 1.54) is 6.07 Å². The topological polar surface area (TPSA) is 79.1 Å². The minimum Gasteiger partial charge on any atom is -0.491 e. The van der Waals surface area contributed by atoms with Gasteiger partial charge < -0.3 is 19.6 Å². The quantitative estimate of drug-likeness (QED) is 0.438. The van der Waals surface area contributed by atoms with Crippen molar-refractivity contribution in [3.05, 3.63) is 64.2 Å². The van der Waals surface area contributed by atoms with Gasteiger partial charge >= 0.3 is 0 Å². The SMILES string of the molecule is CC(C)Oc1ccc(N(C)CCC2(O)CCN(CCc3cccc([N+](=O)[O-])c3)CC2)cc1. The third-order valence-corrected chi connectivity index (χ3v) is 6.19. The second-order valence-corrected chi connectivity index (χ2v) is 9.08. The van der Waals surface area contributed by atoms with Crippen molar-refractivity contribution in [1.29, 1.82) is 0 Å². The molecule has 0 bridgehead atoms. The van der Waals surface area contributed by atoms with Crippen LogP contribution >= 0.6 is 0 Å². The highest BCUT2D eigenvalue weighted by atomic mass is 16.6. The number of nitro benzene ring substituents is 1. The van der Waals surface area contributed by atoms with Crippen LogP contribution in [0.1, 0.15) is 38.7 Å². The van der Waals surface area contributed by atoms with E-state index in [1.807, 2.05) is 32.0 Å². The van der Waals surface area contributed by atoms with Crippen LogP contribution in [0.25, 0.3) is 0 Å². The molecule has 0 saturated carbocycles. The average Bonchev–Trinajstić information content (AvgIpc) is 2.77. The smallest absolute Gasteiger partial charge is 0.269 e. The summed E-state index contributed by atoms with van der Waals surface area (Å²) in [5, 5.41) is 22.0. The molecule has 0 atom stereocenters. The molecule has 0 unspecified atom stereocenters. The first kappa shape index (κ1) is 24.0. The van der Waals surface area contributed by atoms with Gasteiger partial charge in [-0.2, -0.15) is 0 Å². The maximum absolute atomic E-state index is 11.1. The van der Waals surface area contributed by atoms with Gasteiger partial charge in [0.25, 0.3) is 5.69 Å². The van der Waals surface area contributed by atoms with Gasteiger partial charge in [-0.15, -0.1) is 0 Å². The van der Waals surface area contributed by atoms with E-state index in [4.69, 9.17) is 4.74 Å². The van der Waals surface area contributed by atoms with Crippen LogP contribution in [0.15, 0.2) is 48.5 Å². The van der Waals surface area contributed by atoms with Crippen molar-refractivity contribution in [1.82, 2.24) is 4.90 Å². The number of rotatable bonds is 10. The second-order valence-electron chi connectivity index (χ2n) is 9.08. The molecule has 0 spiro atoms. The molecule has 2 aromatic carbocycles. The molecule has 3 rings (SSSR count). The number of hydrogen-bond acceptors (Lipinski definition) is 6. The van der Waals surface area contributed by atoms with Gasteiger partial charge in [0.1, 0.15) is 5.75 Å². The van der Waals surface area contributed by atoms with E-state index in [0.29, 0.717) is 0 Å². The Morgan fingerprint density at radius 2 is 1.88 bits per heavy atom. The van der Waals surface area contributed by atoms with Crippen molar-refractivity contribution >= 4 is 11.4 Å². The summed E-state index contributed by atoms with van der Waals surface area (Å²) in [7, 11) is 2.05. The van der Waals surface area contributed by atoms with Crippen molar-refractivity contribution < 1.29 is 14.8 Å². The highest BCUT2D eigenvalue weighted by Gasteiger charge is 2.32. The highest BCUT2D eigenvalue weighted by molar-refractivity contribution is 5.48. The third-order valence-electron chi connectivity index (χ3n) is 6.19. The maximum atomic E-state index is 11.1. The van der Waals surface area contributed by atoms with Gasteiger partial charge in [-0.25, -0.2) is 0 Å². The van der Waals surface area contributed by atoms with Crippen molar-refractivity contribution in [3.63, 3.8) is 0 Å². The van der Waals surface area contributed by atoms with E-state index in [-0.39, 0.29) is 16.7 Å². The lowest BCUT2D eigenvalue weighted by atomic mass is 9.88. The predicted octanol–water partition coefficient (Wildman–Crippen LogP) is 4.28. The lowest BCUT2D eigenvalue weighted by Crippen LogP contribution is -2.46. The second kappa shape index (κ2) is 10.8. The maximum Gasteiger partial charge on any atom is 0.269 e. The van der Waals surface area contributed by atoms with Crippen LogP contribution in [0.5, 0.6) is 5.75 Å². The van der Waals surface area contributed by atoms with E-state index < -0.39 is 5.60 Å². The summed E-state index contributed by atoms with van der Waals surface area (Å²) in [6, 6.07) is 14.9. The number of ether oxygens (including phenoxy) is 1. The molecule has 1 N–H and O–H groups in total. The van der Waals surface area contributed by atoms with Crippen LogP contribution in [0.3, 0.4) is 0 Å². The summed E-state index contributed by atoms with van der Waals surface area (Å²) in [6.45, 7) is 7.35. The molecule has 174 valence electrons. The van der Waals surface area contributed by atoms with Crippen LogP contribution in [-0.4, -0.2) is 59.9 Å². The van der Waals surface area contributed by atoms with Gasteiger partial charge in [0.05, 0.1) is 16.6 Å². The molecule has 1 saturated heterocycles. The lowest BCUT2D eigenvalue weighted by Gasteiger charge is -2.39. The Balaban J connectivity index is 1.42. The Morgan fingerprint density at radius 1 is 1.19 bits per heavy atom. The molecule has 0 aliphatic carbocycles. The predicted molar refractivity (Wildman–Crippen MR) is 128 cm³/mol. The summed E-state index contributed by atoms with van der Waals surface area (Å²) in [5.41, 5.74) is 1.59. The first-order chi connectivity index (χ1) is 15.2. The van der Waals surface area contributed by atoms with E-state index in [0.717, 1.165) is 68.9 Å². The number of anilines is 1. The number of aliphatic hydroxyl groups is 1. The minimum atomic E-state index is -0.642. The number of non-ortho nitro benzene ring substituents is 1. The lowest BCUT2D eigenvalue weighted by molar-refractivity contribution is -0.384. The molecule has 1 aliphatic rings. The molecule has 0 radical (unpaired) electrons. The zero-order chi connectivity index (χ0) is 23.1. The van der Waals surface area contributed by atoms with Crippen molar-refractivity contribution in [2.45, 2.75) is 51.2 Å². The first-order valence-corrected chi connectivity index (χ1v) is 11.4. The van der Waals surface area contributed by atoms with Gasteiger partial charge in [0.15, 0.2) is 0 Å². The summed E-state index contributed by atoms with van der Waals surface area (Å²) in [4.78, 5) is 15.1. The van der Waals surface area contributed by atoms with E-state index in [2.05, 4.69) is 29.0 Å². The van der Waals surface area contributed by atoms with Crippen LogP contribution in [0.2, 0.25) is 0 Å². The van der Waals surface area contributed by atoms with Crippen LogP contribution in [0.4, 0.5) is 11.4 Å².